The molecule has 3 N–H and O–H groups in total. The number of benzene rings is 1. The maximum atomic E-state index is 12.1. The van der Waals surface area contributed by atoms with Crippen LogP contribution in [0, 0.1) is 6.92 Å². The van der Waals surface area contributed by atoms with Crippen molar-refractivity contribution >= 4 is 33.0 Å². The summed E-state index contributed by atoms with van der Waals surface area (Å²) in [6.45, 7) is 1.83. The van der Waals surface area contributed by atoms with Gasteiger partial charge in [0.05, 0.1) is 11.4 Å². The van der Waals surface area contributed by atoms with Crippen LogP contribution in [-0.4, -0.2) is 13.4 Å². The van der Waals surface area contributed by atoms with Gasteiger partial charge in [-0.05, 0) is 36.8 Å². The molecule has 0 aliphatic heterocycles. The summed E-state index contributed by atoms with van der Waals surface area (Å²) < 4.78 is 26.6. The second kappa shape index (κ2) is 5.07. The minimum absolute atomic E-state index is 0.0909. The first-order valence-electron chi connectivity index (χ1n) is 5.39. The van der Waals surface area contributed by atoms with Crippen molar-refractivity contribution in [2.75, 3.05) is 10.5 Å². The highest BCUT2D eigenvalue weighted by atomic mass is 35.5. The van der Waals surface area contributed by atoms with E-state index in [4.69, 9.17) is 17.3 Å². The van der Waals surface area contributed by atoms with Crippen LogP contribution in [0.15, 0.2) is 41.6 Å². The minimum Gasteiger partial charge on any atom is -0.396 e. The fourth-order valence-corrected chi connectivity index (χ4v) is 2.78. The number of anilines is 2. The first-order chi connectivity index (χ1) is 8.90. The maximum Gasteiger partial charge on any atom is 0.281 e. The number of aromatic nitrogens is 1. The van der Waals surface area contributed by atoms with E-state index in [9.17, 15) is 8.42 Å². The number of pyridine rings is 1. The second-order valence-electron chi connectivity index (χ2n) is 3.97. The Labute approximate surface area is 116 Å². The number of nitrogens with zero attached hydrogens (tertiary/aromatic N) is 1. The number of nitrogens with two attached hydrogens (primary N) is 1. The van der Waals surface area contributed by atoms with Crippen molar-refractivity contribution in [2.45, 2.75) is 11.9 Å². The van der Waals surface area contributed by atoms with Crippen molar-refractivity contribution in [1.29, 1.82) is 0 Å². The predicted octanol–water partition coefficient (Wildman–Crippen LogP) is 2.43. The van der Waals surface area contributed by atoms with E-state index in [-0.39, 0.29) is 10.7 Å². The van der Waals surface area contributed by atoms with Crippen LogP contribution >= 0.6 is 11.6 Å². The number of nitrogen functional groups attached to an aromatic ring is 1. The number of nitrogens with one attached hydrogen (secondary N) is 1. The van der Waals surface area contributed by atoms with E-state index in [2.05, 4.69) is 9.71 Å². The molecule has 0 fully saturated rings. The number of rotatable bonds is 3. The van der Waals surface area contributed by atoms with E-state index in [1.165, 1.54) is 18.3 Å². The SMILES string of the molecule is Cc1ccc(NS(=O)(=O)c2ncccc2N)cc1Cl. The predicted molar refractivity (Wildman–Crippen MR) is 75.6 cm³/mol. The molecule has 19 heavy (non-hydrogen) atoms. The smallest absolute Gasteiger partial charge is 0.281 e. The highest BCUT2D eigenvalue weighted by Crippen LogP contribution is 2.23. The molecule has 1 aromatic heterocycles. The van der Waals surface area contributed by atoms with Gasteiger partial charge in [-0.2, -0.15) is 8.42 Å². The summed E-state index contributed by atoms with van der Waals surface area (Å²) in [6.07, 6.45) is 1.37. The zero-order chi connectivity index (χ0) is 14.0. The summed E-state index contributed by atoms with van der Waals surface area (Å²) >= 11 is 5.94. The topological polar surface area (TPSA) is 85.1 Å². The van der Waals surface area contributed by atoms with Crippen molar-refractivity contribution in [3.63, 3.8) is 0 Å². The first kappa shape index (κ1) is 13.6. The number of sulfonamides is 1. The molecule has 100 valence electrons. The quantitative estimate of drug-likeness (QED) is 0.911. The van der Waals surface area contributed by atoms with Crippen molar-refractivity contribution in [1.82, 2.24) is 4.98 Å². The molecule has 0 aliphatic rings. The number of hydrogen-bond acceptors (Lipinski definition) is 4. The van der Waals surface area contributed by atoms with Gasteiger partial charge in [0, 0.05) is 11.2 Å². The van der Waals surface area contributed by atoms with Gasteiger partial charge >= 0.3 is 0 Å². The Balaban J connectivity index is 2.37. The lowest BCUT2D eigenvalue weighted by atomic mass is 10.2. The van der Waals surface area contributed by atoms with Gasteiger partial charge in [-0.1, -0.05) is 17.7 Å². The van der Waals surface area contributed by atoms with Gasteiger partial charge in [-0.25, -0.2) is 4.98 Å². The lowest BCUT2D eigenvalue weighted by molar-refractivity contribution is 0.598. The molecule has 5 nitrogen and oxygen atoms in total. The molecule has 0 radical (unpaired) electrons. The number of hydrogen-bond donors (Lipinski definition) is 2. The normalized spacial score (nSPS) is 11.3. The number of halogens is 1. The van der Waals surface area contributed by atoms with E-state index in [0.717, 1.165) is 5.56 Å². The molecule has 0 amide bonds. The molecular weight excluding hydrogens is 286 g/mol. The Morgan fingerprint density at radius 1 is 1.32 bits per heavy atom. The standard InChI is InChI=1S/C12H12ClN3O2S/c1-8-4-5-9(7-10(8)13)16-19(17,18)12-11(14)3-2-6-15-12/h2-7,16H,14H2,1H3. The van der Waals surface area contributed by atoms with Gasteiger partial charge in [-0.15, -0.1) is 0 Å². The van der Waals surface area contributed by atoms with Crippen LogP contribution in [0.4, 0.5) is 11.4 Å². The summed E-state index contributed by atoms with van der Waals surface area (Å²) in [5.41, 5.74) is 6.92. The molecule has 2 rings (SSSR count). The third kappa shape index (κ3) is 2.97. The maximum absolute atomic E-state index is 12.1. The summed E-state index contributed by atoms with van der Waals surface area (Å²) in [4.78, 5) is 3.78. The van der Waals surface area contributed by atoms with Gasteiger partial charge in [0.2, 0.25) is 0 Å². The highest BCUT2D eigenvalue weighted by Gasteiger charge is 2.19. The average molecular weight is 298 g/mol. The molecule has 0 spiro atoms. The van der Waals surface area contributed by atoms with Crippen LogP contribution in [0.3, 0.4) is 0 Å². The van der Waals surface area contributed by atoms with Gasteiger partial charge in [0.1, 0.15) is 0 Å². The lowest BCUT2D eigenvalue weighted by Gasteiger charge is -2.09. The Morgan fingerprint density at radius 3 is 2.68 bits per heavy atom. The van der Waals surface area contributed by atoms with E-state index >= 15 is 0 Å². The first-order valence-corrected chi connectivity index (χ1v) is 7.26. The molecule has 1 aromatic carbocycles. The van der Waals surface area contributed by atoms with Crippen molar-refractivity contribution in [3.05, 3.63) is 47.1 Å². The zero-order valence-corrected chi connectivity index (χ0v) is 11.7. The largest absolute Gasteiger partial charge is 0.396 e. The van der Waals surface area contributed by atoms with Crippen LogP contribution in [0.25, 0.3) is 0 Å². The molecule has 0 atom stereocenters. The van der Waals surface area contributed by atoms with Crippen molar-refractivity contribution in [2.24, 2.45) is 0 Å². The molecule has 0 bridgehead atoms. The van der Waals surface area contributed by atoms with Crippen molar-refractivity contribution in [3.8, 4) is 0 Å². The lowest BCUT2D eigenvalue weighted by Crippen LogP contribution is -2.16. The third-order valence-corrected chi connectivity index (χ3v) is 4.24. The molecule has 1 heterocycles. The van der Waals surface area contributed by atoms with Crippen LogP contribution in [-0.2, 0) is 10.0 Å². The Morgan fingerprint density at radius 2 is 2.05 bits per heavy atom. The third-order valence-electron chi connectivity index (χ3n) is 2.48. The van der Waals surface area contributed by atoms with Crippen LogP contribution in [0.2, 0.25) is 5.02 Å². The van der Waals surface area contributed by atoms with E-state index < -0.39 is 10.0 Å². The fraction of sp³-hybridized carbons (Fsp3) is 0.0833. The van der Waals surface area contributed by atoms with Gasteiger partial charge in [0.15, 0.2) is 5.03 Å². The van der Waals surface area contributed by atoms with Gasteiger partial charge < -0.3 is 5.73 Å². The van der Waals surface area contributed by atoms with Crippen LogP contribution in [0.5, 0.6) is 0 Å². The molecule has 2 aromatic rings. The number of aryl methyl sites for hydroxylation is 1. The minimum atomic E-state index is -3.82. The van der Waals surface area contributed by atoms with Crippen LogP contribution in [0.1, 0.15) is 5.56 Å². The highest BCUT2D eigenvalue weighted by molar-refractivity contribution is 7.92. The molecule has 0 saturated carbocycles. The van der Waals surface area contributed by atoms with Crippen molar-refractivity contribution < 1.29 is 8.42 Å². The molecule has 7 heteroatoms. The molecular formula is C12H12ClN3O2S. The summed E-state index contributed by atoms with van der Waals surface area (Å²) in [6, 6.07) is 7.92. The molecule has 0 aliphatic carbocycles. The molecule has 0 saturated heterocycles. The average Bonchev–Trinajstić information content (AvgIpc) is 2.34. The summed E-state index contributed by atoms with van der Waals surface area (Å²) in [5, 5.41) is 0.279. The summed E-state index contributed by atoms with van der Waals surface area (Å²) in [7, 11) is -3.82. The summed E-state index contributed by atoms with van der Waals surface area (Å²) in [5.74, 6) is 0. The van der Waals surface area contributed by atoms with Crippen LogP contribution < -0.4 is 10.5 Å². The monoisotopic (exact) mass is 297 g/mol. The fourth-order valence-electron chi connectivity index (χ4n) is 1.49. The Hall–Kier alpha value is -1.79. The van der Waals surface area contributed by atoms with Gasteiger partial charge in [0.25, 0.3) is 10.0 Å². The second-order valence-corrected chi connectivity index (χ2v) is 5.97. The zero-order valence-electron chi connectivity index (χ0n) is 10.1. The van der Waals surface area contributed by atoms with E-state index in [0.29, 0.717) is 10.7 Å². The van der Waals surface area contributed by atoms with Gasteiger partial charge in [-0.3, -0.25) is 4.72 Å². The Kier molecular flexibility index (Phi) is 3.64. The Bertz CT molecular complexity index is 717. The van der Waals surface area contributed by atoms with E-state index in [1.54, 1.807) is 18.2 Å². The molecule has 0 unspecified atom stereocenters. The van der Waals surface area contributed by atoms with E-state index in [1.807, 2.05) is 6.92 Å².